The number of benzene rings is 2. The van der Waals surface area contributed by atoms with Crippen molar-refractivity contribution in [1.82, 2.24) is 40.4 Å². The quantitative estimate of drug-likeness (QED) is 0.182. The van der Waals surface area contributed by atoms with Gasteiger partial charge in [-0.1, -0.05) is 6.58 Å². The van der Waals surface area contributed by atoms with Gasteiger partial charge in [0.25, 0.3) is 0 Å². The number of halogens is 1. The second kappa shape index (κ2) is 14.2. The minimum absolute atomic E-state index is 0.00642. The maximum atomic E-state index is 14.1. The van der Waals surface area contributed by atoms with Crippen LogP contribution in [-0.2, 0) is 14.4 Å². The number of aromatic amines is 1. The zero-order valence-corrected chi connectivity index (χ0v) is 28.5. The number of piperazine rings is 1. The zero-order chi connectivity index (χ0) is 35.5. The molecule has 51 heavy (non-hydrogen) atoms. The van der Waals surface area contributed by atoms with Crippen LogP contribution >= 0.6 is 0 Å². The van der Waals surface area contributed by atoms with Crippen LogP contribution in [0.15, 0.2) is 91.5 Å². The Balaban J connectivity index is 1.00. The fourth-order valence-corrected chi connectivity index (χ4v) is 6.96. The number of likely N-dealkylation sites (tertiary alicyclic amines) is 1. The van der Waals surface area contributed by atoms with Crippen LogP contribution in [0.5, 0.6) is 0 Å². The van der Waals surface area contributed by atoms with Crippen LogP contribution in [0, 0.1) is 11.2 Å². The highest BCUT2D eigenvalue weighted by Gasteiger charge is 2.48. The first kappa shape index (κ1) is 33.8. The van der Waals surface area contributed by atoms with Gasteiger partial charge in [0.2, 0.25) is 11.8 Å². The Morgan fingerprint density at radius 2 is 1.82 bits per heavy atom. The van der Waals surface area contributed by atoms with E-state index in [1.165, 1.54) is 19.2 Å². The number of nitrogens with one attached hydrogen (secondary N) is 3. The van der Waals surface area contributed by atoms with Crippen LogP contribution in [0.25, 0.3) is 33.5 Å². The number of rotatable bonds is 10. The van der Waals surface area contributed by atoms with Gasteiger partial charge in [-0.25, -0.2) is 19.3 Å². The Bertz CT molecular complexity index is 2040. The predicted molar refractivity (Wildman–Crippen MR) is 192 cm³/mol. The van der Waals surface area contributed by atoms with E-state index in [0.29, 0.717) is 55.5 Å². The van der Waals surface area contributed by atoms with E-state index in [0.717, 1.165) is 27.8 Å². The van der Waals surface area contributed by atoms with Crippen LogP contribution in [0.3, 0.4) is 0 Å². The number of carbonyl (C=O) groups is 2. The molecule has 2 unspecified atom stereocenters. The number of hydrogen-bond donors (Lipinski definition) is 3. The number of hydroxylamine groups is 1. The van der Waals surface area contributed by atoms with Gasteiger partial charge in [0.1, 0.15) is 17.1 Å². The van der Waals surface area contributed by atoms with Crippen molar-refractivity contribution < 1.29 is 18.8 Å². The molecular weight excluding hydrogens is 651 g/mol. The van der Waals surface area contributed by atoms with Crippen molar-refractivity contribution in [2.45, 2.75) is 19.4 Å². The molecule has 2 aromatic carbocycles. The molecule has 0 aliphatic carbocycles. The summed E-state index contributed by atoms with van der Waals surface area (Å²) in [6.07, 6.45) is 5.62. The highest BCUT2D eigenvalue weighted by Crippen LogP contribution is 2.38. The lowest BCUT2D eigenvalue weighted by Crippen LogP contribution is -2.56. The molecule has 0 spiro atoms. The van der Waals surface area contributed by atoms with Crippen molar-refractivity contribution in [2.24, 2.45) is 5.41 Å². The minimum atomic E-state index is -1.06. The molecule has 2 aliphatic rings. The Morgan fingerprint density at radius 1 is 1.04 bits per heavy atom. The Hall–Kier alpha value is -5.73. The number of hydrogen-bond acceptors (Lipinski definition) is 10. The fraction of sp³-hybridized carbons (Fsp3) is 0.297. The van der Waals surface area contributed by atoms with E-state index in [1.54, 1.807) is 42.9 Å². The maximum absolute atomic E-state index is 14.1. The molecule has 5 aromatic rings. The fourth-order valence-electron chi connectivity index (χ4n) is 6.96. The lowest BCUT2D eigenvalue weighted by atomic mass is 9.83. The topological polar surface area (TPSA) is 144 Å². The van der Waals surface area contributed by atoms with E-state index in [9.17, 15) is 14.0 Å². The molecule has 262 valence electrons. The third-order valence-corrected chi connectivity index (χ3v) is 9.73. The normalized spacial score (nSPS) is 19.3. The van der Waals surface area contributed by atoms with Crippen LogP contribution < -0.4 is 15.7 Å². The van der Waals surface area contributed by atoms with Crippen LogP contribution in [0.4, 0.5) is 15.9 Å². The minimum Gasteiger partial charge on any atom is -0.353 e. The van der Waals surface area contributed by atoms with E-state index in [4.69, 9.17) is 4.84 Å². The summed E-state index contributed by atoms with van der Waals surface area (Å²) < 4.78 is 13.6. The van der Waals surface area contributed by atoms with E-state index in [-0.39, 0.29) is 36.8 Å². The second-order valence-corrected chi connectivity index (χ2v) is 13.0. The van der Waals surface area contributed by atoms with E-state index in [1.807, 2.05) is 41.0 Å². The van der Waals surface area contributed by atoms with Crippen molar-refractivity contribution in [3.63, 3.8) is 0 Å². The van der Waals surface area contributed by atoms with Gasteiger partial charge >= 0.3 is 0 Å². The molecule has 0 radical (unpaired) electrons. The maximum Gasteiger partial charge on any atom is 0.237 e. The van der Waals surface area contributed by atoms with Crippen molar-refractivity contribution >= 4 is 34.2 Å². The summed E-state index contributed by atoms with van der Waals surface area (Å²) in [5, 5.41) is 11.3. The predicted octanol–water partition coefficient (Wildman–Crippen LogP) is 4.25. The number of fused-ring (bicyclic) bond motifs is 1. The number of amides is 2. The molecule has 13 nitrogen and oxygen atoms in total. The molecule has 2 aliphatic heterocycles. The van der Waals surface area contributed by atoms with Gasteiger partial charge in [-0.05, 0) is 74.0 Å². The third-order valence-electron chi connectivity index (χ3n) is 9.73. The molecule has 3 aromatic heterocycles. The molecule has 2 atom stereocenters. The van der Waals surface area contributed by atoms with Crippen LogP contribution in [-0.4, -0.2) is 99.2 Å². The van der Waals surface area contributed by atoms with Crippen molar-refractivity contribution in [3.05, 3.63) is 97.3 Å². The van der Waals surface area contributed by atoms with Crippen molar-refractivity contribution in [1.29, 1.82) is 0 Å². The molecule has 0 saturated carbocycles. The van der Waals surface area contributed by atoms with Gasteiger partial charge < -0.3 is 15.1 Å². The number of carbonyl (C=O) groups excluding carboxylic acids is 2. The third kappa shape index (κ3) is 6.87. The lowest BCUT2D eigenvalue weighted by molar-refractivity contribution is -0.135. The van der Waals surface area contributed by atoms with Gasteiger partial charge in [-0.2, -0.15) is 5.10 Å². The first-order chi connectivity index (χ1) is 24.7. The van der Waals surface area contributed by atoms with E-state index >= 15 is 0 Å². The number of anilines is 2. The van der Waals surface area contributed by atoms with Gasteiger partial charge in [-0.3, -0.25) is 29.9 Å². The number of pyridine rings is 1. The van der Waals surface area contributed by atoms with Gasteiger partial charge in [0.05, 0.1) is 24.9 Å². The summed E-state index contributed by atoms with van der Waals surface area (Å²) in [5.74, 6) is 0.871. The van der Waals surface area contributed by atoms with Crippen molar-refractivity contribution in [2.75, 3.05) is 56.6 Å². The Morgan fingerprint density at radius 3 is 2.55 bits per heavy atom. The molecule has 14 heteroatoms. The number of aromatic nitrogens is 5. The van der Waals surface area contributed by atoms with Crippen LogP contribution in [0.1, 0.15) is 13.3 Å². The Labute approximate surface area is 294 Å². The smallest absolute Gasteiger partial charge is 0.237 e. The summed E-state index contributed by atoms with van der Waals surface area (Å²) in [5.41, 5.74) is 5.73. The summed E-state index contributed by atoms with van der Waals surface area (Å²) >= 11 is 0. The standard InChI is InChI=1S/C37H39FN10O3/c1-24-21-47(32-12-7-27(20-41-32)35-39-14-4-15-40-35)17-18-48(24)33(49)22-46-16-13-37(23-46,25(2)45-51-3)36(50)42-29-10-11-31-30(19-29)34(44-43-31)26-5-8-28(38)9-6-26/h4-12,14-15,19-20,24,45H,2,13,16-18,21-23H2,1,3H3,(H,42,50)(H,43,44). The van der Waals surface area contributed by atoms with Gasteiger partial charge in [0.15, 0.2) is 5.82 Å². The summed E-state index contributed by atoms with van der Waals surface area (Å²) in [6.45, 7) is 9.02. The first-order valence-corrected chi connectivity index (χ1v) is 16.8. The number of nitrogens with zero attached hydrogens (tertiary/aromatic N) is 7. The molecule has 2 saturated heterocycles. The molecule has 0 bridgehead atoms. The molecular formula is C37H39FN10O3. The van der Waals surface area contributed by atoms with E-state index < -0.39 is 5.41 Å². The van der Waals surface area contributed by atoms with Gasteiger partial charge in [-0.15, -0.1) is 0 Å². The van der Waals surface area contributed by atoms with E-state index in [2.05, 4.69) is 47.4 Å². The molecule has 2 fully saturated rings. The highest BCUT2D eigenvalue weighted by molar-refractivity contribution is 6.01. The second-order valence-electron chi connectivity index (χ2n) is 13.0. The van der Waals surface area contributed by atoms with Gasteiger partial charge in [0, 0.05) is 85.3 Å². The molecule has 5 heterocycles. The monoisotopic (exact) mass is 690 g/mol. The molecule has 7 rings (SSSR count). The van der Waals surface area contributed by atoms with Crippen LogP contribution in [0.2, 0.25) is 0 Å². The summed E-state index contributed by atoms with van der Waals surface area (Å²) in [7, 11) is 1.47. The lowest BCUT2D eigenvalue weighted by Gasteiger charge is -2.41. The van der Waals surface area contributed by atoms with Crippen molar-refractivity contribution in [3.8, 4) is 22.6 Å². The zero-order valence-electron chi connectivity index (χ0n) is 28.5. The Kier molecular flexibility index (Phi) is 9.43. The first-order valence-electron chi connectivity index (χ1n) is 16.8. The number of H-pyrrole nitrogens is 1. The average Bonchev–Trinajstić information content (AvgIpc) is 3.78. The molecule has 3 N–H and O–H groups in total. The highest BCUT2D eigenvalue weighted by atomic mass is 19.1. The molecule has 2 amide bonds. The summed E-state index contributed by atoms with van der Waals surface area (Å²) in [6, 6.07) is 17.2. The SMILES string of the molecule is C=C(NOC)C1(C(=O)Nc2ccc3[nH]nc(-c4ccc(F)cc4)c3c2)CCN(CC(=O)N2CCN(c3ccc(-c4ncccn4)cn3)CC2C)C1. The summed E-state index contributed by atoms with van der Waals surface area (Å²) in [4.78, 5) is 52.3. The average molecular weight is 691 g/mol. The largest absolute Gasteiger partial charge is 0.353 e.